The van der Waals surface area contributed by atoms with Gasteiger partial charge in [0.25, 0.3) is 11.1 Å². The Bertz CT molecular complexity index is 1120. The number of fused-ring (bicyclic) bond motifs is 1. The molecule has 0 saturated heterocycles. The van der Waals surface area contributed by atoms with Crippen LogP contribution in [0.3, 0.4) is 0 Å². The van der Waals surface area contributed by atoms with Crippen molar-refractivity contribution in [2.24, 2.45) is 0 Å². The van der Waals surface area contributed by atoms with Crippen molar-refractivity contribution in [2.45, 2.75) is 5.75 Å². The van der Waals surface area contributed by atoms with Crippen molar-refractivity contribution < 1.29 is 12.8 Å². The molecular formula is C15H12FN3O4S. The van der Waals surface area contributed by atoms with Gasteiger partial charge in [-0.2, -0.15) is 0 Å². The van der Waals surface area contributed by atoms with Crippen molar-refractivity contribution in [3.8, 4) is 0 Å². The third-order valence-electron chi connectivity index (χ3n) is 3.34. The molecule has 0 fully saturated rings. The van der Waals surface area contributed by atoms with Crippen molar-refractivity contribution >= 4 is 26.5 Å². The van der Waals surface area contributed by atoms with Gasteiger partial charge in [0.2, 0.25) is 10.0 Å². The van der Waals surface area contributed by atoms with Crippen LogP contribution < -0.4 is 15.8 Å². The van der Waals surface area contributed by atoms with Crippen LogP contribution in [0.4, 0.5) is 10.1 Å². The van der Waals surface area contributed by atoms with Gasteiger partial charge in [0, 0.05) is 5.69 Å². The van der Waals surface area contributed by atoms with Gasteiger partial charge in [-0.15, -0.1) is 0 Å². The highest BCUT2D eigenvalue weighted by Gasteiger charge is 2.13. The molecule has 3 aromatic rings. The molecule has 2 aromatic carbocycles. The van der Waals surface area contributed by atoms with Crippen molar-refractivity contribution in [1.29, 1.82) is 0 Å². The number of aromatic nitrogens is 2. The second kappa shape index (κ2) is 5.93. The second-order valence-electron chi connectivity index (χ2n) is 5.16. The lowest BCUT2D eigenvalue weighted by atomic mass is 10.2. The fourth-order valence-corrected chi connectivity index (χ4v) is 3.45. The van der Waals surface area contributed by atoms with E-state index in [0.717, 1.165) is 0 Å². The van der Waals surface area contributed by atoms with Gasteiger partial charge in [0.1, 0.15) is 5.82 Å². The highest BCUT2D eigenvalue weighted by atomic mass is 32.2. The van der Waals surface area contributed by atoms with E-state index in [1.807, 2.05) is 0 Å². The van der Waals surface area contributed by atoms with Crippen LogP contribution in [0.2, 0.25) is 0 Å². The molecule has 3 rings (SSSR count). The summed E-state index contributed by atoms with van der Waals surface area (Å²) in [6.45, 7) is 0. The molecule has 0 aliphatic carbocycles. The number of anilines is 1. The van der Waals surface area contributed by atoms with E-state index in [2.05, 4.69) is 14.9 Å². The summed E-state index contributed by atoms with van der Waals surface area (Å²) in [5.74, 6) is -0.806. The number of hydrogen-bond donors (Lipinski definition) is 3. The molecule has 0 aliphatic heterocycles. The minimum Gasteiger partial charge on any atom is -0.283 e. The lowest BCUT2D eigenvalue weighted by molar-refractivity contribution is 0.600. The fraction of sp³-hybridized carbons (Fsp3) is 0.0667. The number of H-pyrrole nitrogens is 2. The largest absolute Gasteiger partial charge is 0.283 e. The third kappa shape index (κ3) is 3.35. The van der Waals surface area contributed by atoms with Crippen molar-refractivity contribution in [1.82, 2.24) is 10.2 Å². The Hall–Kier alpha value is -2.94. The highest BCUT2D eigenvalue weighted by Crippen LogP contribution is 2.16. The quantitative estimate of drug-likeness (QED) is 0.659. The van der Waals surface area contributed by atoms with Gasteiger partial charge in [0.05, 0.1) is 16.5 Å². The van der Waals surface area contributed by atoms with Crippen LogP contribution in [0.5, 0.6) is 0 Å². The number of halogens is 1. The predicted octanol–water partition coefficient (Wildman–Crippen LogP) is 1.30. The van der Waals surface area contributed by atoms with Crippen LogP contribution in [-0.4, -0.2) is 18.6 Å². The molecule has 0 bridgehead atoms. The smallest absolute Gasteiger partial charge is 0.270 e. The zero-order chi connectivity index (χ0) is 17.3. The predicted molar refractivity (Wildman–Crippen MR) is 87.8 cm³/mol. The minimum absolute atomic E-state index is 0.0701. The minimum atomic E-state index is -3.76. The van der Waals surface area contributed by atoms with Crippen LogP contribution in [0.25, 0.3) is 10.8 Å². The summed E-state index contributed by atoms with van der Waals surface area (Å²) in [7, 11) is -3.76. The first-order valence-electron chi connectivity index (χ1n) is 6.84. The van der Waals surface area contributed by atoms with Crippen molar-refractivity contribution in [2.75, 3.05) is 4.72 Å². The van der Waals surface area contributed by atoms with Crippen LogP contribution in [0.15, 0.2) is 52.1 Å². The molecule has 0 unspecified atom stereocenters. The normalized spacial score (nSPS) is 11.5. The summed E-state index contributed by atoms with van der Waals surface area (Å²) in [5, 5.41) is 4.58. The molecule has 7 nitrogen and oxygen atoms in total. The number of rotatable bonds is 4. The first-order chi connectivity index (χ1) is 11.3. The zero-order valence-electron chi connectivity index (χ0n) is 12.2. The topological polar surface area (TPSA) is 112 Å². The fourth-order valence-electron chi connectivity index (χ4n) is 2.26. The maximum Gasteiger partial charge on any atom is 0.270 e. The first-order valence-corrected chi connectivity index (χ1v) is 8.49. The van der Waals surface area contributed by atoms with Crippen LogP contribution >= 0.6 is 0 Å². The molecule has 1 aromatic heterocycles. The molecule has 24 heavy (non-hydrogen) atoms. The van der Waals surface area contributed by atoms with Crippen molar-refractivity contribution in [3.63, 3.8) is 0 Å². The van der Waals surface area contributed by atoms with E-state index in [1.165, 1.54) is 42.5 Å². The Labute approximate surface area is 135 Å². The molecule has 0 saturated carbocycles. The number of nitrogens with one attached hydrogen (secondary N) is 3. The molecule has 0 radical (unpaired) electrons. The van der Waals surface area contributed by atoms with Gasteiger partial charge in [0.15, 0.2) is 0 Å². The van der Waals surface area contributed by atoms with Crippen LogP contribution in [0.1, 0.15) is 5.56 Å². The third-order valence-corrected chi connectivity index (χ3v) is 4.60. The maximum atomic E-state index is 12.9. The van der Waals surface area contributed by atoms with Gasteiger partial charge >= 0.3 is 0 Å². The number of hydrogen-bond acceptors (Lipinski definition) is 4. The Kier molecular flexibility index (Phi) is 3.94. The lowest BCUT2D eigenvalue weighted by Gasteiger charge is -2.08. The van der Waals surface area contributed by atoms with Crippen molar-refractivity contribution in [3.05, 3.63) is 74.6 Å². The zero-order valence-corrected chi connectivity index (χ0v) is 13.0. The molecule has 0 amide bonds. The van der Waals surface area contributed by atoms with Gasteiger partial charge in [-0.3, -0.25) is 24.5 Å². The van der Waals surface area contributed by atoms with Crippen LogP contribution in [0, 0.1) is 5.82 Å². The molecule has 0 atom stereocenters. The molecule has 0 spiro atoms. The van der Waals surface area contributed by atoms with Gasteiger partial charge in [-0.05, 0) is 35.9 Å². The molecule has 3 N–H and O–H groups in total. The molecule has 1 heterocycles. The van der Waals surface area contributed by atoms with E-state index in [0.29, 0.717) is 5.56 Å². The average Bonchev–Trinajstić information content (AvgIpc) is 2.53. The standard InChI is InChI=1S/C15H12FN3O4S/c16-10-3-1-9(2-4-10)8-24(22,23)19-11-5-6-12-13(7-11)15(21)18-17-14(12)20/h1-7,19H,8H2,(H,17,20)(H,18,21). The summed E-state index contributed by atoms with van der Waals surface area (Å²) in [4.78, 5) is 23.3. The van der Waals surface area contributed by atoms with E-state index in [9.17, 15) is 22.4 Å². The van der Waals surface area contributed by atoms with Gasteiger partial charge in [-0.25, -0.2) is 12.8 Å². The summed E-state index contributed by atoms with van der Waals surface area (Å²) >= 11 is 0. The summed E-state index contributed by atoms with van der Waals surface area (Å²) in [6.07, 6.45) is 0. The number of aromatic amines is 2. The number of benzene rings is 2. The highest BCUT2D eigenvalue weighted by molar-refractivity contribution is 7.91. The molecule has 0 aliphatic rings. The van der Waals surface area contributed by atoms with E-state index in [1.54, 1.807) is 0 Å². The Morgan fingerprint density at radius 1 is 0.917 bits per heavy atom. The summed E-state index contributed by atoms with van der Waals surface area (Å²) < 4.78 is 39.6. The molecule has 124 valence electrons. The van der Waals surface area contributed by atoms with E-state index in [-0.39, 0.29) is 22.2 Å². The van der Waals surface area contributed by atoms with Gasteiger partial charge < -0.3 is 0 Å². The summed E-state index contributed by atoms with van der Waals surface area (Å²) in [5.41, 5.74) is -0.450. The SMILES string of the molecule is O=c1[nH][nH]c(=O)c2cc(NS(=O)(=O)Cc3ccc(F)cc3)ccc12. The Morgan fingerprint density at radius 3 is 2.21 bits per heavy atom. The Balaban J connectivity index is 1.91. The van der Waals surface area contributed by atoms with E-state index < -0.39 is 27.0 Å². The Morgan fingerprint density at radius 2 is 1.54 bits per heavy atom. The second-order valence-corrected chi connectivity index (χ2v) is 6.88. The molecule has 9 heteroatoms. The monoisotopic (exact) mass is 349 g/mol. The maximum absolute atomic E-state index is 12.9. The van der Waals surface area contributed by atoms with Crippen LogP contribution in [-0.2, 0) is 15.8 Å². The van der Waals surface area contributed by atoms with E-state index in [4.69, 9.17) is 0 Å². The van der Waals surface area contributed by atoms with Gasteiger partial charge in [-0.1, -0.05) is 12.1 Å². The lowest BCUT2D eigenvalue weighted by Crippen LogP contribution is -2.20. The first kappa shape index (κ1) is 15.9. The summed E-state index contributed by atoms with van der Waals surface area (Å²) in [6, 6.07) is 9.13. The molecular weight excluding hydrogens is 337 g/mol. The average molecular weight is 349 g/mol. The number of sulfonamides is 1. The van der Waals surface area contributed by atoms with E-state index >= 15 is 0 Å².